The molecular weight excluding hydrogens is 146 g/mol. The molecule has 0 amide bonds. The van der Waals surface area contributed by atoms with Crippen LogP contribution in [0.4, 0.5) is 0 Å². The summed E-state index contributed by atoms with van der Waals surface area (Å²) in [5, 5.41) is 0. The zero-order chi connectivity index (χ0) is 9.03. The summed E-state index contributed by atoms with van der Waals surface area (Å²) in [6, 6.07) is 0.430. The Morgan fingerprint density at radius 2 is 1.92 bits per heavy atom. The number of rotatable bonds is 6. The summed E-state index contributed by atoms with van der Waals surface area (Å²) in [5.41, 5.74) is 6.52. The van der Waals surface area contributed by atoms with E-state index in [0.717, 1.165) is 0 Å². The van der Waals surface area contributed by atoms with Crippen LogP contribution >= 0.6 is 0 Å². The Balaban J connectivity index is 2.06. The lowest BCUT2D eigenvalue weighted by molar-refractivity contribution is 0.371. The van der Waals surface area contributed by atoms with Crippen molar-refractivity contribution in [3.05, 3.63) is 0 Å². The van der Waals surface area contributed by atoms with Gasteiger partial charge in [-0.2, -0.15) is 0 Å². The van der Waals surface area contributed by atoms with Crippen molar-refractivity contribution >= 4 is 0 Å². The fourth-order valence-corrected chi connectivity index (χ4v) is 2.00. The minimum absolute atomic E-state index is 0.430. The van der Waals surface area contributed by atoms with E-state index < -0.39 is 0 Å². The molecule has 1 heteroatoms. The van der Waals surface area contributed by atoms with E-state index >= 15 is 0 Å². The van der Waals surface area contributed by atoms with Gasteiger partial charge in [-0.15, -0.1) is 0 Å². The Labute approximate surface area is 76.7 Å². The maximum Gasteiger partial charge on any atom is 0.00670 e. The fraction of sp³-hybridized carbons (Fsp3) is 1.00. The Bertz CT molecular complexity index is 125. The highest BCUT2D eigenvalue weighted by Gasteiger charge is 2.44. The van der Waals surface area contributed by atoms with Gasteiger partial charge in [0.05, 0.1) is 0 Å². The second-order valence-corrected chi connectivity index (χ2v) is 4.46. The summed E-state index contributed by atoms with van der Waals surface area (Å²) in [4.78, 5) is 0. The number of hydrogen-bond donors (Lipinski definition) is 1. The standard InChI is InChI=1S/C11H23N/c1-3-4-5-6-7-11(8-9-11)10(2)12/h10H,3-9,12H2,1-2H3. The van der Waals surface area contributed by atoms with E-state index in [1.165, 1.54) is 44.9 Å². The van der Waals surface area contributed by atoms with E-state index in [-0.39, 0.29) is 0 Å². The Kier molecular flexibility index (Phi) is 3.57. The Hall–Kier alpha value is -0.0400. The van der Waals surface area contributed by atoms with Gasteiger partial charge in [-0.25, -0.2) is 0 Å². The monoisotopic (exact) mass is 169 g/mol. The van der Waals surface area contributed by atoms with Crippen molar-refractivity contribution in [1.29, 1.82) is 0 Å². The second-order valence-electron chi connectivity index (χ2n) is 4.46. The molecule has 2 N–H and O–H groups in total. The summed E-state index contributed by atoms with van der Waals surface area (Å²) in [6.07, 6.45) is 9.69. The van der Waals surface area contributed by atoms with Gasteiger partial charge in [-0.3, -0.25) is 0 Å². The smallest absolute Gasteiger partial charge is 0.00670 e. The summed E-state index contributed by atoms with van der Waals surface area (Å²) in [7, 11) is 0. The molecule has 1 unspecified atom stereocenters. The van der Waals surface area contributed by atoms with Crippen LogP contribution < -0.4 is 5.73 Å². The second kappa shape index (κ2) is 4.27. The van der Waals surface area contributed by atoms with Crippen molar-refractivity contribution in [3.63, 3.8) is 0 Å². The van der Waals surface area contributed by atoms with E-state index in [1.54, 1.807) is 0 Å². The van der Waals surface area contributed by atoms with Gasteiger partial charge in [0.1, 0.15) is 0 Å². The van der Waals surface area contributed by atoms with Gasteiger partial charge in [0.25, 0.3) is 0 Å². The molecule has 0 saturated heterocycles. The van der Waals surface area contributed by atoms with Crippen LogP contribution in [0.2, 0.25) is 0 Å². The normalized spacial score (nSPS) is 22.2. The molecule has 1 aliphatic rings. The summed E-state index contributed by atoms with van der Waals surface area (Å²) < 4.78 is 0. The molecule has 1 saturated carbocycles. The average Bonchev–Trinajstić information content (AvgIpc) is 2.79. The van der Waals surface area contributed by atoms with Gasteiger partial charge in [0.2, 0.25) is 0 Å². The van der Waals surface area contributed by atoms with Gasteiger partial charge in [0.15, 0.2) is 0 Å². The first kappa shape index (κ1) is 10.0. The van der Waals surface area contributed by atoms with E-state index in [0.29, 0.717) is 11.5 Å². The third-order valence-corrected chi connectivity index (χ3v) is 3.39. The van der Waals surface area contributed by atoms with Crippen LogP contribution in [0.1, 0.15) is 58.8 Å². The van der Waals surface area contributed by atoms with Gasteiger partial charge in [0, 0.05) is 6.04 Å². The largest absolute Gasteiger partial charge is 0.327 e. The van der Waals surface area contributed by atoms with E-state index in [1.807, 2.05) is 0 Å². The lowest BCUT2D eigenvalue weighted by Crippen LogP contribution is -2.27. The van der Waals surface area contributed by atoms with Crippen molar-refractivity contribution in [2.24, 2.45) is 11.1 Å². The molecule has 0 aromatic rings. The van der Waals surface area contributed by atoms with Gasteiger partial charge < -0.3 is 5.73 Å². The molecule has 0 spiro atoms. The quantitative estimate of drug-likeness (QED) is 0.607. The first-order valence-corrected chi connectivity index (χ1v) is 5.47. The average molecular weight is 169 g/mol. The zero-order valence-electron chi connectivity index (χ0n) is 8.60. The van der Waals surface area contributed by atoms with Gasteiger partial charge in [-0.1, -0.05) is 32.6 Å². The molecule has 12 heavy (non-hydrogen) atoms. The third-order valence-electron chi connectivity index (χ3n) is 3.39. The molecule has 0 radical (unpaired) electrons. The van der Waals surface area contributed by atoms with Crippen LogP contribution in [0, 0.1) is 5.41 Å². The van der Waals surface area contributed by atoms with Crippen molar-refractivity contribution in [2.75, 3.05) is 0 Å². The molecule has 0 heterocycles. The first-order valence-electron chi connectivity index (χ1n) is 5.47. The molecule has 1 atom stereocenters. The Morgan fingerprint density at radius 1 is 1.25 bits per heavy atom. The van der Waals surface area contributed by atoms with Crippen LogP contribution in [0.25, 0.3) is 0 Å². The lowest BCUT2D eigenvalue weighted by Gasteiger charge is -2.18. The predicted molar refractivity (Wildman–Crippen MR) is 54.1 cm³/mol. The molecule has 0 aromatic heterocycles. The minimum Gasteiger partial charge on any atom is -0.327 e. The van der Waals surface area contributed by atoms with Crippen molar-refractivity contribution in [1.82, 2.24) is 0 Å². The third kappa shape index (κ3) is 2.48. The SMILES string of the molecule is CCCCCCC1(C(C)N)CC1. The Morgan fingerprint density at radius 3 is 2.33 bits per heavy atom. The molecule has 0 aliphatic heterocycles. The number of hydrogen-bond acceptors (Lipinski definition) is 1. The highest BCUT2D eigenvalue weighted by atomic mass is 14.7. The van der Waals surface area contributed by atoms with Crippen LogP contribution in [0.5, 0.6) is 0 Å². The summed E-state index contributed by atoms with van der Waals surface area (Å²) in [5.74, 6) is 0. The number of nitrogens with two attached hydrogens (primary N) is 1. The molecule has 1 nitrogen and oxygen atoms in total. The lowest BCUT2D eigenvalue weighted by atomic mass is 9.91. The van der Waals surface area contributed by atoms with Crippen molar-refractivity contribution in [2.45, 2.75) is 64.8 Å². The van der Waals surface area contributed by atoms with E-state index in [9.17, 15) is 0 Å². The fourth-order valence-electron chi connectivity index (χ4n) is 2.00. The molecule has 1 rings (SSSR count). The molecule has 1 aliphatic carbocycles. The maximum absolute atomic E-state index is 5.95. The predicted octanol–water partition coefficient (Wildman–Crippen LogP) is 3.08. The molecule has 0 bridgehead atoms. The maximum atomic E-state index is 5.95. The van der Waals surface area contributed by atoms with E-state index in [4.69, 9.17) is 5.73 Å². The zero-order valence-corrected chi connectivity index (χ0v) is 8.60. The van der Waals surface area contributed by atoms with Crippen LogP contribution in [-0.4, -0.2) is 6.04 Å². The topological polar surface area (TPSA) is 26.0 Å². The van der Waals surface area contributed by atoms with Crippen LogP contribution in [-0.2, 0) is 0 Å². The van der Waals surface area contributed by atoms with E-state index in [2.05, 4.69) is 13.8 Å². The van der Waals surface area contributed by atoms with Crippen molar-refractivity contribution in [3.8, 4) is 0 Å². The van der Waals surface area contributed by atoms with Crippen molar-refractivity contribution < 1.29 is 0 Å². The highest BCUT2D eigenvalue weighted by Crippen LogP contribution is 2.51. The molecule has 0 aromatic carbocycles. The molecule has 1 fully saturated rings. The summed E-state index contributed by atoms with van der Waals surface area (Å²) in [6.45, 7) is 4.44. The molecular formula is C11H23N. The minimum atomic E-state index is 0.430. The van der Waals surface area contributed by atoms with Gasteiger partial charge in [-0.05, 0) is 31.6 Å². The van der Waals surface area contributed by atoms with Gasteiger partial charge >= 0.3 is 0 Å². The van der Waals surface area contributed by atoms with Crippen LogP contribution in [0.15, 0.2) is 0 Å². The number of unbranched alkanes of at least 4 members (excludes halogenated alkanes) is 3. The molecule has 72 valence electrons. The first-order chi connectivity index (χ1) is 5.71. The highest BCUT2D eigenvalue weighted by molar-refractivity contribution is 4.98. The summed E-state index contributed by atoms with van der Waals surface area (Å²) >= 11 is 0. The van der Waals surface area contributed by atoms with Crippen LogP contribution in [0.3, 0.4) is 0 Å².